The Labute approximate surface area is 264 Å². The number of carboxylic acid groups (broad SMARTS) is 1. The Morgan fingerprint density at radius 1 is 0.756 bits per heavy atom. The van der Waals surface area contributed by atoms with Crippen molar-refractivity contribution in [1.29, 1.82) is 0 Å². The highest BCUT2D eigenvalue weighted by molar-refractivity contribution is 5.84. The zero-order chi connectivity index (χ0) is 31.7. The summed E-state index contributed by atoms with van der Waals surface area (Å²) in [7, 11) is 0. The molecular weight excluding hydrogens is 564 g/mol. The highest BCUT2D eigenvalue weighted by atomic mass is 16.4. The first-order valence-corrected chi connectivity index (χ1v) is 15.7. The van der Waals surface area contributed by atoms with Crippen LogP contribution in [0.25, 0.3) is 21.8 Å². The number of carboxylic acids is 1. The van der Waals surface area contributed by atoms with Gasteiger partial charge in [0.2, 0.25) is 5.91 Å². The molecule has 0 aliphatic carbocycles. The number of aromatic amines is 2. The molecule has 45 heavy (non-hydrogen) atoms. The molecule has 2 aromatic heterocycles. The number of nitrogens with two attached hydrogens (primary N) is 1. The van der Waals surface area contributed by atoms with Crippen molar-refractivity contribution in [3.8, 4) is 0 Å². The smallest absolute Gasteiger partial charge is 0.303 e. The number of aryl methyl sites for hydroxylation is 2. The molecule has 0 unspecified atom stereocenters. The molecule has 6 N–H and O–H groups in total. The Kier molecular flexibility index (Phi) is 13.4. The molecule has 0 fully saturated rings. The van der Waals surface area contributed by atoms with Gasteiger partial charge in [0.25, 0.3) is 0 Å². The summed E-state index contributed by atoms with van der Waals surface area (Å²) in [5.41, 5.74) is 12.2. The number of aromatic nitrogens is 2. The number of aliphatic imine (C=N–C) groups is 2. The fourth-order valence-corrected chi connectivity index (χ4v) is 5.19. The molecule has 0 saturated carbocycles. The number of carbonyl (C=O) groups is 2. The van der Waals surface area contributed by atoms with Gasteiger partial charge in [0.1, 0.15) is 0 Å². The molecule has 9 nitrogen and oxygen atoms in total. The summed E-state index contributed by atoms with van der Waals surface area (Å²) >= 11 is 0. The number of carbonyl (C=O) groups excluding carboxylic acids is 1. The molecular formula is C36H44N6O3. The minimum atomic E-state index is -0.754. The van der Waals surface area contributed by atoms with Gasteiger partial charge in [-0.05, 0) is 68.3 Å². The van der Waals surface area contributed by atoms with Crippen LogP contribution in [0.15, 0.2) is 94.5 Å². The quantitative estimate of drug-likeness (QED) is 0.108. The molecule has 9 heteroatoms. The molecule has 0 radical (unpaired) electrons. The van der Waals surface area contributed by atoms with Crippen LogP contribution in [-0.2, 0) is 22.4 Å². The third kappa shape index (κ3) is 11.0. The third-order valence-electron chi connectivity index (χ3n) is 7.58. The number of aliphatic carboxylic acids is 1. The summed E-state index contributed by atoms with van der Waals surface area (Å²) in [6, 6.07) is 16.1. The number of para-hydroxylation sites is 2. The summed E-state index contributed by atoms with van der Waals surface area (Å²) in [6.07, 6.45) is 20.1. The second kappa shape index (κ2) is 18.1. The lowest BCUT2D eigenvalue weighted by Crippen LogP contribution is -2.24. The van der Waals surface area contributed by atoms with E-state index in [0.29, 0.717) is 12.8 Å². The Balaban J connectivity index is 0.000000171. The topological polar surface area (TPSA) is 149 Å². The molecule has 6 rings (SSSR count). The minimum absolute atomic E-state index is 0.120. The second-order valence-corrected chi connectivity index (χ2v) is 10.9. The Morgan fingerprint density at radius 3 is 1.80 bits per heavy atom. The van der Waals surface area contributed by atoms with Crippen LogP contribution in [0.2, 0.25) is 0 Å². The van der Waals surface area contributed by atoms with Crippen LogP contribution in [-0.4, -0.2) is 52.5 Å². The third-order valence-corrected chi connectivity index (χ3v) is 7.58. The minimum Gasteiger partial charge on any atom is -0.481 e. The number of allylic oxidation sites excluding steroid dienone is 4. The summed E-state index contributed by atoms with van der Waals surface area (Å²) in [5, 5.41) is 13.9. The van der Waals surface area contributed by atoms with Gasteiger partial charge < -0.3 is 26.1 Å². The number of benzene rings is 2. The molecule has 4 heterocycles. The molecule has 0 bridgehead atoms. The fraction of sp³-hybridized carbons (Fsp3) is 0.333. The predicted octanol–water partition coefficient (Wildman–Crippen LogP) is 6.62. The van der Waals surface area contributed by atoms with Gasteiger partial charge in [-0.25, -0.2) is 0 Å². The number of hydrogen-bond donors (Lipinski definition) is 5. The Hall–Kier alpha value is -4.76. The monoisotopic (exact) mass is 608 g/mol. The van der Waals surface area contributed by atoms with Gasteiger partial charge in [-0.3, -0.25) is 19.6 Å². The lowest BCUT2D eigenvalue weighted by molar-refractivity contribution is -0.137. The van der Waals surface area contributed by atoms with E-state index >= 15 is 0 Å². The summed E-state index contributed by atoms with van der Waals surface area (Å²) in [4.78, 5) is 37.1. The van der Waals surface area contributed by atoms with E-state index in [2.05, 4.69) is 49.6 Å². The summed E-state index contributed by atoms with van der Waals surface area (Å²) in [6.45, 7) is 1.49. The number of nitrogens with zero attached hydrogens (tertiary/aromatic N) is 2. The molecule has 2 aliphatic heterocycles. The van der Waals surface area contributed by atoms with Crippen molar-refractivity contribution < 1.29 is 14.7 Å². The lowest BCUT2D eigenvalue weighted by atomic mass is 10.1. The molecule has 2 aliphatic rings. The number of rotatable bonds is 13. The number of nitrogens with one attached hydrogen (secondary N) is 3. The summed E-state index contributed by atoms with van der Waals surface area (Å²) in [5.74, 6) is -0.635. The first kappa shape index (κ1) is 33.1. The molecule has 0 saturated heterocycles. The van der Waals surface area contributed by atoms with Crippen molar-refractivity contribution in [2.75, 3.05) is 13.1 Å². The average molecular weight is 609 g/mol. The molecule has 1 amide bonds. The predicted molar refractivity (Wildman–Crippen MR) is 184 cm³/mol. The largest absolute Gasteiger partial charge is 0.481 e. The van der Waals surface area contributed by atoms with Crippen molar-refractivity contribution in [2.45, 2.75) is 64.2 Å². The van der Waals surface area contributed by atoms with Gasteiger partial charge in [0.15, 0.2) is 0 Å². The second-order valence-electron chi connectivity index (χ2n) is 10.9. The van der Waals surface area contributed by atoms with Crippen LogP contribution in [0, 0.1) is 0 Å². The normalized spacial score (nSPS) is 13.2. The first-order valence-electron chi connectivity index (χ1n) is 15.7. The molecule has 0 atom stereocenters. The van der Waals surface area contributed by atoms with E-state index in [1.807, 2.05) is 61.2 Å². The van der Waals surface area contributed by atoms with E-state index < -0.39 is 5.97 Å². The first-order chi connectivity index (χ1) is 22.0. The van der Waals surface area contributed by atoms with E-state index in [1.165, 1.54) is 16.6 Å². The van der Waals surface area contributed by atoms with Crippen molar-refractivity contribution >= 4 is 46.1 Å². The van der Waals surface area contributed by atoms with Gasteiger partial charge in [0.05, 0.1) is 0 Å². The Bertz CT molecular complexity index is 1660. The highest BCUT2D eigenvalue weighted by Crippen LogP contribution is 2.20. The van der Waals surface area contributed by atoms with E-state index in [1.54, 1.807) is 0 Å². The number of fused-ring (bicyclic) bond motifs is 2. The molecule has 0 spiro atoms. The van der Waals surface area contributed by atoms with Crippen LogP contribution >= 0.6 is 0 Å². The van der Waals surface area contributed by atoms with Gasteiger partial charge in [-0.1, -0.05) is 48.6 Å². The zero-order valence-electron chi connectivity index (χ0n) is 25.8. The van der Waals surface area contributed by atoms with Crippen LogP contribution in [0.4, 0.5) is 0 Å². The van der Waals surface area contributed by atoms with E-state index in [4.69, 9.17) is 10.8 Å². The van der Waals surface area contributed by atoms with E-state index in [-0.39, 0.29) is 12.3 Å². The number of H-pyrrole nitrogens is 2. The van der Waals surface area contributed by atoms with Crippen molar-refractivity contribution in [1.82, 2.24) is 15.3 Å². The highest BCUT2D eigenvalue weighted by Gasteiger charge is 2.07. The average Bonchev–Trinajstić information content (AvgIpc) is 3.89. The van der Waals surface area contributed by atoms with Gasteiger partial charge >= 0.3 is 5.97 Å². The van der Waals surface area contributed by atoms with E-state index in [0.717, 1.165) is 85.7 Å². The summed E-state index contributed by atoms with van der Waals surface area (Å²) < 4.78 is 0. The molecule has 4 aromatic rings. The van der Waals surface area contributed by atoms with E-state index in [9.17, 15) is 9.59 Å². The van der Waals surface area contributed by atoms with Gasteiger partial charge in [-0.2, -0.15) is 0 Å². The van der Waals surface area contributed by atoms with Crippen molar-refractivity contribution in [2.24, 2.45) is 15.7 Å². The standard InChI is InChI=1S/C18H21N3O.C11H11NO2.C7H12N2/c22-18(20-12-4-6-15-5-3-11-19-15)10-9-14-13-21-17-8-2-1-7-16(14)17;13-11(14)6-5-8-7-12-10-4-2-1-3-9(8)10;8-5-1-3-7-4-2-6-9-7/h1-2,5,7-8,11,13,21H,3-4,6,9-10,12H2,(H,20,22);1-4,7,12H,5-6H2,(H,13,14);4,6H,1-3,5,8H2. The van der Waals surface area contributed by atoms with Crippen molar-refractivity contribution in [3.63, 3.8) is 0 Å². The van der Waals surface area contributed by atoms with Crippen LogP contribution in [0.5, 0.6) is 0 Å². The van der Waals surface area contributed by atoms with Crippen LogP contribution < -0.4 is 11.1 Å². The Morgan fingerprint density at radius 2 is 1.29 bits per heavy atom. The fourth-order valence-electron chi connectivity index (χ4n) is 5.19. The molecule has 2 aromatic carbocycles. The van der Waals surface area contributed by atoms with Crippen LogP contribution in [0.3, 0.4) is 0 Å². The maximum Gasteiger partial charge on any atom is 0.303 e. The van der Waals surface area contributed by atoms with Crippen molar-refractivity contribution in [3.05, 3.63) is 95.6 Å². The maximum atomic E-state index is 11.9. The van der Waals surface area contributed by atoms with Crippen LogP contribution in [0.1, 0.15) is 62.5 Å². The number of amides is 1. The SMILES string of the molecule is NCCCC1=CCC=N1.O=C(CCc1c[nH]c2ccccc12)NCCCC1=CCC=N1.O=C(O)CCc1c[nH]c2ccccc12. The number of hydrogen-bond acceptors (Lipinski definition) is 5. The zero-order valence-corrected chi connectivity index (χ0v) is 25.8. The van der Waals surface area contributed by atoms with Gasteiger partial charge in [-0.15, -0.1) is 0 Å². The van der Waals surface area contributed by atoms with Gasteiger partial charge in [0, 0.05) is 90.3 Å². The maximum absolute atomic E-state index is 11.9. The molecule has 236 valence electrons. The lowest BCUT2D eigenvalue weighted by Gasteiger charge is -2.05.